The van der Waals surface area contributed by atoms with Gasteiger partial charge in [-0.3, -0.25) is 4.79 Å². The first-order valence-electron chi connectivity index (χ1n) is 7.54. The number of nitrogens with zero attached hydrogens (tertiary/aromatic N) is 1. The van der Waals surface area contributed by atoms with Crippen LogP contribution in [0.15, 0.2) is 58.5 Å². The molecule has 0 aliphatic carbocycles. The van der Waals surface area contributed by atoms with Gasteiger partial charge in [-0.1, -0.05) is 35.9 Å². The topological polar surface area (TPSA) is 41.5 Å². The molecule has 0 saturated carbocycles. The standard InChI is InChI=1S/C18H17F3N2OS/c1-13-6-8-15(9-7-13)25-11-10-17(24)23-22-12-14-4-2-3-5-16(14)18(19,20)21/h2-9,12H,10-11H2,1H3,(H,23,24)/b22-12-. The van der Waals surface area contributed by atoms with E-state index in [2.05, 4.69) is 10.5 Å². The van der Waals surface area contributed by atoms with Crippen LogP contribution >= 0.6 is 11.8 Å². The normalized spacial score (nSPS) is 11.7. The summed E-state index contributed by atoms with van der Waals surface area (Å²) in [5.74, 6) is 0.212. The smallest absolute Gasteiger partial charge is 0.273 e. The maximum Gasteiger partial charge on any atom is 0.417 e. The highest BCUT2D eigenvalue weighted by atomic mass is 32.2. The lowest BCUT2D eigenvalue weighted by Gasteiger charge is -2.09. The second-order valence-electron chi connectivity index (χ2n) is 5.29. The van der Waals surface area contributed by atoms with Crippen molar-refractivity contribution < 1.29 is 18.0 Å². The highest BCUT2D eigenvalue weighted by Crippen LogP contribution is 2.31. The third-order valence-electron chi connectivity index (χ3n) is 3.28. The number of nitrogens with one attached hydrogen (secondary N) is 1. The lowest BCUT2D eigenvalue weighted by molar-refractivity contribution is -0.137. The number of halogens is 3. The average molecular weight is 366 g/mol. The molecule has 0 spiro atoms. The first-order valence-corrected chi connectivity index (χ1v) is 8.52. The number of rotatable bonds is 6. The van der Waals surface area contributed by atoms with Crippen LogP contribution in [0, 0.1) is 6.92 Å². The zero-order chi connectivity index (χ0) is 18.3. The van der Waals surface area contributed by atoms with Crippen LogP contribution in [0.1, 0.15) is 23.1 Å². The van der Waals surface area contributed by atoms with Crippen LogP contribution < -0.4 is 5.43 Å². The first kappa shape index (κ1) is 19.1. The van der Waals surface area contributed by atoms with Crippen molar-refractivity contribution in [3.05, 3.63) is 65.2 Å². The summed E-state index contributed by atoms with van der Waals surface area (Å²) in [4.78, 5) is 12.8. The minimum absolute atomic E-state index is 0.0932. The van der Waals surface area contributed by atoms with Gasteiger partial charge in [-0.05, 0) is 25.1 Å². The summed E-state index contributed by atoms with van der Waals surface area (Å²) in [6.45, 7) is 2.00. The number of thioether (sulfide) groups is 1. The maximum atomic E-state index is 12.8. The number of aryl methyl sites for hydroxylation is 1. The second-order valence-corrected chi connectivity index (χ2v) is 6.46. The molecule has 1 N–H and O–H groups in total. The Hall–Kier alpha value is -2.28. The van der Waals surface area contributed by atoms with Crippen LogP contribution in [0.5, 0.6) is 0 Å². The molecule has 2 aromatic rings. The van der Waals surface area contributed by atoms with E-state index in [1.807, 2.05) is 31.2 Å². The summed E-state index contributed by atoms with van der Waals surface area (Å²) in [7, 11) is 0. The molecule has 25 heavy (non-hydrogen) atoms. The Morgan fingerprint density at radius 2 is 1.84 bits per heavy atom. The van der Waals surface area contributed by atoms with Crippen molar-refractivity contribution in [1.29, 1.82) is 0 Å². The van der Waals surface area contributed by atoms with E-state index in [0.717, 1.165) is 22.7 Å². The third-order valence-corrected chi connectivity index (χ3v) is 4.29. The molecule has 0 aliphatic rings. The van der Waals surface area contributed by atoms with Gasteiger partial charge in [0.15, 0.2) is 0 Å². The van der Waals surface area contributed by atoms with Gasteiger partial charge in [-0.25, -0.2) is 5.43 Å². The fourth-order valence-electron chi connectivity index (χ4n) is 1.99. The lowest BCUT2D eigenvalue weighted by atomic mass is 10.1. The van der Waals surface area contributed by atoms with Gasteiger partial charge >= 0.3 is 6.18 Å². The van der Waals surface area contributed by atoms with Crippen molar-refractivity contribution in [2.45, 2.75) is 24.4 Å². The van der Waals surface area contributed by atoms with E-state index in [4.69, 9.17) is 0 Å². The summed E-state index contributed by atoms with van der Waals surface area (Å²) in [6, 6.07) is 13.0. The van der Waals surface area contributed by atoms with Crippen molar-refractivity contribution in [1.82, 2.24) is 5.43 Å². The molecule has 1 amide bonds. The number of amides is 1. The zero-order valence-electron chi connectivity index (χ0n) is 13.5. The van der Waals surface area contributed by atoms with Gasteiger partial charge < -0.3 is 0 Å². The molecule has 2 rings (SSSR count). The fourth-order valence-corrected chi connectivity index (χ4v) is 2.85. The molecule has 0 unspecified atom stereocenters. The lowest BCUT2D eigenvalue weighted by Crippen LogP contribution is -2.18. The monoisotopic (exact) mass is 366 g/mol. The van der Waals surface area contributed by atoms with Crippen LogP contribution in [0.4, 0.5) is 13.2 Å². The van der Waals surface area contributed by atoms with Crippen LogP contribution in [0.25, 0.3) is 0 Å². The first-order chi connectivity index (χ1) is 11.9. The number of carbonyl (C=O) groups excluding carboxylic acids is 1. The minimum Gasteiger partial charge on any atom is -0.273 e. The fraction of sp³-hybridized carbons (Fsp3) is 0.222. The summed E-state index contributed by atoms with van der Waals surface area (Å²) < 4.78 is 38.5. The van der Waals surface area contributed by atoms with E-state index in [1.54, 1.807) is 0 Å². The summed E-state index contributed by atoms with van der Waals surface area (Å²) in [5.41, 5.74) is 2.54. The summed E-state index contributed by atoms with van der Waals surface area (Å²) in [6.07, 6.45) is -3.23. The second kappa shape index (κ2) is 8.71. The molecule has 0 aliphatic heterocycles. The molecule has 0 atom stereocenters. The molecule has 0 aromatic heterocycles. The molecule has 7 heteroatoms. The van der Waals surface area contributed by atoms with E-state index < -0.39 is 11.7 Å². The van der Waals surface area contributed by atoms with Gasteiger partial charge in [0.2, 0.25) is 5.91 Å². The molecule has 0 bridgehead atoms. The predicted octanol–water partition coefficient (Wildman–Crippen LogP) is 4.65. The molecule has 132 valence electrons. The Morgan fingerprint density at radius 1 is 1.16 bits per heavy atom. The van der Waals surface area contributed by atoms with Crippen molar-refractivity contribution in [3.63, 3.8) is 0 Å². The van der Waals surface area contributed by atoms with E-state index in [-0.39, 0.29) is 17.9 Å². The van der Waals surface area contributed by atoms with Crippen molar-refractivity contribution in [2.75, 3.05) is 5.75 Å². The average Bonchev–Trinajstić information content (AvgIpc) is 2.56. The van der Waals surface area contributed by atoms with Gasteiger partial charge in [0.1, 0.15) is 0 Å². The number of benzene rings is 2. The number of carbonyl (C=O) groups is 1. The Kier molecular flexibility index (Phi) is 6.64. The Balaban J connectivity index is 1.82. The molecule has 0 radical (unpaired) electrons. The molecule has 0 heterocycles. The van der Waals surface area contributed by atoms with Crippen molar-refractivity contribution >= 4 is 23.9 Å². The Labute approximate surface area is 148 Å². The van der Waals surface area contributed by atoms with E-state index in [1.165, 1.54) is 30.0 Å². The summed E-state index contributed by atoms with van der Waals surface area (Å²) in [5, 5.41) is 3.62. The highest BCUT2D eigenvalue weighted by molar-refractivity contribution is 7.99. The Bertz CT molecular complexity index is 743. The van der Waals surface area contributed by atoms with E-state index >= 15 is 0 Å². The van der Waals surface area contributed by atoms with E-state index in [9.17, 15) is 18.0 Å². The van der Waals surface area contributed by atoms with Gasteiger partial charge in [-0.2, -0.15) is 18.3 Å². The quantitative estimate of drug-likeness (QED) is 0.459. The van der Waals surface area contributed by atoms with Gasteiger partial charge in [0.25, 0.3) is 0 Å². The van der Waals surface area contributed by atoms with Crippen LogP contribution in [-0.2, 0) is 11.0 Å². The van der Waals surface area contributed by atoms with Crippen LogP contribution in [0.3, 0.4) is 0 Å². The maximum absolute atomic E-state index is 12.8. The largest absolute Gasteiger partial charge is 0.417 e. The highest BCUT2D eigenvalue weighted by Gasteiger charge is 2.32. The zero-order valence-corrected chi connectivity index (χ0v) is 14.3. The van der Waals surface area contributed by atoms with Crippen molar-refractivity contribution in [2.24, 2.45) is 5.10 Å². The molecular weight excluding hydrogens is 349 g/mol. The van der Waals surface area contributed by atoms with Gasteiger partial charge in [0.05, 0.1) is 11.8 Å². The molecule has 2 aromatic carbocycles. The number of hydrogen-bond donors (Lipinski definition) is 1. The molecular formula is C18H17F3N2OS. The van der Waals surface area contributed by atoms with Gasteiger partial charge in [-0.15, -0.1) is 11.8 Å². The Morgan fingerprint density at radius 3 is 2.52 bits per heavy atom. The molecule has 0 saturated heterocycles. The molecule has 0 fully saturated rings. The van der Waals surface area contributed by atoms with E-state index in [0.29, 0.717) is 5.75 Å². The number of alkyl halides is 3. The molecule has 3 nitrogen and oxygen atoms in total. The van der Waals surface area contributed by atoms with Crippen LogP contribution in [0.2, 0.25) is 0 Å². The third kappa shape index (κ3) is 6.26. The van der Waals surface area contributed by atoms with Gasteiger partial charge in [0, 0.05) is 22.6 Å². The summed E-state index contributed by atoms with van der Waals surface area (Å²) >= 11 is 1.53. The number of hydrazone groups is 1. The van der Waals surface area contributed by atoms with Crippen molar-refractivity contribution in [3.8, 4) is 0 Å². The van der Waals surface area contributed by atoms with Crippen LogP contribution in [-0.4, -0.2) is 17.9 Å². The predicted molar refractivity (Wildman–Crippen MR) is 93.7 cm³/mol. The number of hydrogen-bond acceptors (Lipinski definition) is 3. The minimum atomic E-state index is -4.46. The SMILES string of the molecule is Cc1ccc(SCCC(=O)N/N=C\c2ccccc2C(F)(F)F)cc1.